The minimum atomic E-state index is -1.30. The second-order valence-electron chi connectivity index (χ2n) is 4.46. The summed E-state index contributed by atoms with van der Waals surface area (Å²) in [5.74, 6) is -1.83. The van der Waals surface area contributed by atoms with Crippen LogP contribution < -0.4 is 0 Å². The molecule has 1 aromatic rings. The Balaban J connectivity index is 2.04. The fraction of sp³-hybridized carbons (Fsp3) is 0.462. The van der Waals surface area contributed by atoms with Gasteiger partial charge in [-0.2, -0.15) is 0 Å². The van der Waals surface area contributed by atoms with Crippen LogP contribution >= 0.6 is 0 Å². The van der Waals surface area contributed by atoms with Gasteiger partial charge in [0.2, 0.25) is 0 Å². The predicted octanol–water partition coefficient (Wildman–Crippen LogP) is 1.95. The summed E-state index contributed by atoms with van der Waals surface area (Å²) in [5.41, 5.74) is 0.202. The summed E-state index contributed by atoms with van der Waals surface area (Å²) in [6.45, 7) is 1.23. The Labute approximate surface area is 113 Å². The first-order valence-electron chi connectivity index (χ1n) is 6.04. The van der Waals surface area contributed by atoms with Crippen LogP contribution in [-0.4, -0.2) is 33.7 Å². The van der Waals surface area contributed by atoms with Gasteiger partial charge in [-0.3, -0.25) is 4.21 Å². The van der Waals surface area contributed by atoms with Gasteiger partial charge in [0.25, 0.3) is 0 Å². The van der Waals surface area contributed by atoms with Crippen molar-refractivity contribution in [2.45, 2.75) is 23.8 Å². The minimum absolute atomic E-state index is 0.0796. The molecule has 1 aromatic carbocycles. The number of hydrogen-bond donors (Lipinski definition) is 1. The van der Waals surface area contributed by atoms with E-state index >= 15 is 0 Å². The topological polar surface area (TPSA) is 63.6 Å². The molecule has 1 saturated heterocycles. The van der Waals surface area contributed by atoms with Crippen molar-refractivity contribution in [3.8, 4) is 0 Å². The predicted molar refractivity (Wildman–Crippen MR) is 69.0 cm³/mol. The smallest absolute Gasteiger partial charge is 0.338 e. The quantitative estimate of drug-likeness (QED) is 0.919. The number of carboxylic acid groups (broad SMARTS) is 1. The van der Waals surface area contributed by atoms with E-state index in [-0.39, 0.29) is 16.6 Å². The first-order chi connectivity index (χ1) is 9.08. The molecule has 4 nitrogen and oxygen atoms in total. The van der Waals surface area contributed by atoms with E-state index in [1.807, 2.05) is 0 Å². The summed E-state index contributed by atoms with van der Waals surface area (Å²) >= 11 is 0. The number of carboxylic acids is 1. The number of halogens is 1. The highest BCUT2D eigenvalue weighted by molar-refractivity contribution is 7.84. The first-order valence-corrected chi connectivity index (χ1v) is 7.43. The molecule has 0 aliphatic carbocycles. The van der Waals surface area contributed by atoms with Gasteiger partial charge in [-0.25, -0.2) is 9.18 Å². The number of carbonyl (C=O) groups is 1. The molecule has 0 saturated carbocycles. The highest BCUT2D eigenvalue weighted by Crippen LogP contribution is 2.18. The van der Waals surface area contributed by atoms with Crippen molar-refractivity contribution in [3.63, 3.8) is 0 Å². The van der Waals surface area contributed by atoms with Crippen LogP contribution in [0.4, 0.5) is 4.39 Å². The Morgan fingerprint density at radius 1 is 1.42 bits per heavy atom. The zero-order valence-electron chi connectivity index (χ0n) is 10.3. The van der Waals surface area contributed by atoms with Crippen LogP contribution in [0.5, 0.6) is 0 Å². The molecule has 0 aromatic heterocycles. The number of aromatic carboxylic acids is 1. The molecule has 1 atom stereocenters. The summed E-state index contributed by atoms with van der Waals surface area (Å²) in [4.78, 5) is 10.7. The molecule has 1 fully saturated rings. The van der Waals surface area contributed by atoms with Gasteiger partial charge in [0.05, 0.1) is 5.56 Å². The van der Waals surface area contributed by atoms with Crippen LogP contribution in [0.25, 0.3) is 0 Å². The molecule has 2 rings (SSSR count). The monoisotopic (exact) mass is 286 g/mol. The van der Waals surface area contributed by atoms with E-state index in [4.69, 9.17) is 9.84 Å². The van der Waals surface area contributed by atoms with Gasteiger partial charge in [0.1, 0.15) is 5.82 Å². The van der Waals surface area contributed by atoms with Crippen LogP contribution in [0.1, 0.15) is 28.8 Å². The number of ether oxygens (including phenoxy) is 1. The van der Waals surface area contributed by atoms with Crippen molar-refractivity contribution in [1.29, 1.82) is 0 Å². The third kappa shape index (κ3) is 3.61. The average molecular weight is 286 g/mol. The molecule has 1 aliphatic heterocycles. The highest BCUT2D eigenvalue weighted by atomic mass is 32.2. The molecule has 1 unspecified atom stereocenters. The third-order valence-electron chi connectivity index (χ3n) is 3.11. The van der Waals surface area contributed by atoms with Gasteiger partial charge < -0.3 is 9.84 Å². The van der Waals surface area contributed by atoms with Gasteiger partial charge in [0, 0.05) is 35.0 Å². The fourth-order valence-electron chi connectivity index (χ4n) is 2.04. The Morgan fingerprint density at radius 3 is 2.68 bits per heavy atom. The largest absolute Gasteiger partial charge is 0.478 e. The van der Waals surface area contributed by atoms with Crippen molar-refractivity contribution in [1.82, 2.24) is 0 Å². The van der Waals surface area contributed by atoms with E-state index in [0.29, 0.717) is 18.8 Å². The van der Waals surface area contributed by atoms with Gasteiger partial charge in [-0.1, -0.05) is 6.07 Å². The molecular formula is C13H15FO4S. The zero-order chi connectivity index (χ0) is 13.8. The molecule has 1 heterocycles. The Bertz CT molecular complexity index is 497. The lowest BCUT2D eigenvalue weighted by atomic mass is 10.1. The van der Waals surface area contributed by atoms with E-state index < -0.39 is 22.6 Å². The van der Waals surface area contributed by atoms with Crippen LogP contribution in [0.2, 0.25) is 0 Å². The SMILES string of the molecule is O=C(O)c1ccc(CS(=O)C2CCOCC2)cc1F. The van der Waals surface area contributed by atoms with E-state index in [9.17, 15) is 13.4 Å². The summed E-state index contributed by atoms with van der Waals surface area (Å²) < 4.78 is 30.8. The lowest BCUT2D eigenvalue weighted by Crippen LogP contribution is -2.25. The van der Waals surface area contributed by atoms with Crippen molar-refractivity contribution >= 4 is 16.8 Å². The second kappa shape index (κ2) is 6.25. The molecule has 0 spiro atoms. The van der Waals surface area contributed by atoms with Crippen LogP contribution in [0.3, 0.4) is 0 Å². The molecule has 6 heteroatoms. The second-order valence-corrected chi connectivity index (χ2v) is 6.17. The molecule has 1 aliphatic rings. The first kappa shape index (κ1) is 14.1. The summed E-state index contributed by atoms with van der Waals surface area (Å²) in [6.07, 6.45) is 1.50. The average Bonchev–Trinajstić information content (AvgIpc) is 2.39. The zero-order valence-corrected chi connectivity index (χ0v) is 11.1. The maximum absolute atomic E-state index is 13.5. The summed E-state index contributed by atoms with van der Waals surface area (Å²) in [7, 11) is -1.08. The molecule has 0 amide bonds. The molecule has 19 heavy (non-hydrogen) atoms. The lowest BCUT2D eigenvalue weighted by molar-refractivity contribution is 0.0692. The maximum Gasteiger partial charge on any atom is 0.338 e. The van der Waals surface area contributed by atoms with Crippen molar-refractivity contribution in [3.05, 3.63) is 35.1 Å². The van der Waals surface area contributed by atoms with E-state index in [1.165, 1.54) is 12.1 Å². The van der Waals surface area contributed by atoms with E-state index in [0.717, 1.165) is 18.9 Å². The summed E-state index contributed by atoms with van der Waals surface area (Å²) in [6, 6.07) is 3.89. The fourth-order valence-corrected chi connectivity index (χ4v) is 3.50. The molecule has 0 bridgehead atoms. The van der Waals surface area contributed by atoms with Crippen molar-refractivity contribution in [2.75, 3.05) is 13.2 Å². The lowest BCUT2D eigenvalue weighted by Gasteiger charge is -2.21. The Morgan fingerprint density at radius 2 is 2.11 bits per heavy atom. The van der Waals surface area contributed by atoms with Crippen molar-refractivity contribution in [2.24, 2.45) is 0 Å². The molecular weight excluding hydrogens is 271 g/mol. The van der Waals surface area contributed by atoms with Gasteiger partial charge >= 0.3 is 5.97 Å². The summed E-state index contributed by atoms with van der Waals surface area (Å²) in [5, 5.41) is 8.81. The van der Waals surface area contributed by atoms with E-state index in [2.05, 4.69) is 0 Å². The van der Waals surface area contributed by atoms with Crippen molar-refractivity contribution < 1.29 is 23.2 Å². The standard InChI is InChI=1S/C13H15FO4S/c14-12-7-9(1-2-11(12)13(15)16)8-19(17)10-3-5-18-6-4-10/h1-2,7,10H,3-6,8H2,(H,15,16). The molecule has 104 valence electrons. The van der Waals surface area contributed by atoms with Crippen LogP contribution in [0.15, 0.2) is 18.2 Å². The van der Waals surface area contributed by atoms with Crippen LogP contribution in [0, 0.1) is 5.82 Å². The van der Waals surface area contributed by atoms with Gasteiger partial charge in [0.15, 0.2) is 0 Å². The number of rotatable bonds is 4. The Hall–Kier alpha value is -1.27. The highest BCUT2D eigenvalue weighted by Gasteiger charge is 2.21. The maximum atomic E-state index is 13.5. The van der Waals surface area contributed by atoms with Gasteiger partial charge in [-0.05, 0) is 30.5 Å². The molecule has 1 N–H and O–H groups in total. The third-order valence-corrected chi connectivity index (χ3v) is 4.95. The van der Waals surface area contributed by atoms with E-state index in [1.54, 1.807) is 0 Å². The number of hydrogen-bond acceptors (Lipinski definition) is 3. The number of benzene rings is 1. The minimum Gasteiger partial charge on any atom is -0.478 e. The van der Waals surface area contributed by atoms with Gasteiger partial charge in [-0.15, -0.1) is 0 Å². The normalized spacial score (nSPS) is 18.2. The Kier molecular flexibility index (Phi) is 4.66. The molecule has 0 radical (unpaired) electrons. The van der Waals surface area contributed by atoms with Crippen LogP contribution in [-0.2, 0) is 21.3 Å².